The zero-order valence-electron chi connectivity index (χ0n) is 18.0. The Kier molecular flexibility index (Phi) is 4.43. The Morgan fingerprint density at radius 1 is 0.935 bits per heavy atom. The fraction of sp³-hybridized carbons (Fsp3) is 0.214. The van der Waals surface area contributed by atoms with Gasteiger partial charge in [0.05, 0.1) is 18.1 Å². The Hall–Kier alpha value is -3.48. The molecule has 0 aromatic heterocycles. The number of likely N-dealkylation sites (N-methyl/N-ethyl adjacent to an activating group) is 1. The first-order valence-corrected chi connectivity index (χ1v) is 10.5. The van der Waals surface area contributed by atoms with E-state index in [2.05, 4.69) is 37.0 Å². The predicted molar refractivity (Wildman–Crippen MR) is 125 cm³/mol. The molecule has 3 heteroatoms. The summed E-state index contributed by atoms with van der Waals surface area (Å²) >= 11 is 0. The molecular formula is C28H25NO2. The van der Waals surface area contributed by atoms with E-state index in [9.17, 15) is 5.11 Å². The van der Waals surface area contributed by atoms with Crippen LogP contribution in [0.15, 0.2) is 84.4 Å². The van der Waals surface area contributed by atoms with E-state index in [4.69, 9.17) is 4.74 Å². The predicted octanol–water partition coefficient (Wildman–Crippen LogP) is 5.00. The molecule has 2 aliphatic rings. The van der Waals surface area contributed by atoms with Crippen LogP contribution in [0.4, 0.5) is 5.69 Å². The molecule has 0 amide bonds. The number of fused-ring (bicyclic) bond motifs is 3. The Morgan fingerprint density at radius 2 is 1.61 bits per heavy atom. The lowest BCUT2D eigenvalue weighted by molar-refractivity contribution is 0.0309. The molecule has 0 saturated carbocycles. The molecule has 154 valence electrons. The van der Waals surface area contributed by atoms with E-state index >= 15 is 0 Å². The minimum Gasteiger partial charge on any atom is -0.497 e. The maximum absolute atomic E-state index is 12.3. The minimum atomic E-state index is -1.24. The maximum atomic E-state index is 12.3. The average Bonchev–Trinajstić information content (AvgIpc) is 3.15. The van der Waals surface area contributed by atoms with E-state index in [0.29, 0.717) is 6.42 Å². The summed E-state index contributed by atoms with van der Waals surface area (Å²) in [5.74, 6) is 7.46. The van der Waals surface area contributed by atoms with Crippen LogP contribution < -0.4 is 9.64 Å². The van der Waals surface area contributed by atoms with Gasteiger partial charge < -0.3 is 14.7 Å². The topological polar surface area (TPSA) is 32.7 Å². The van der Waals surface area contributed by atoms with Gasteiger partial charge in [-0.05, 0) is 41.3 Å². The lowest BCUT2D eigenvalue weighted by Gasteiger charge is -2.39. The highest BCUT2D eigenvalue weighted by Gasteiger charge is 2.64. The van der Waals surface area contributed by atoms with Crippen LogP contribution in [0.5, 0.6) is 5.75 Å². The van der Waals surface area contributed by atoms with E-state index in [1.807, 2.05) is 72.6 Å². The molecule has 0 bridgehead atoms. The van der Waals surface area contributed by atoms with Crippen LogP contribution in [0.1, 0.15) is 30.0 Å². The summed E-state index contributed by atoms with van der Waals surface area (Å²) in [6.45, 7) is 2.14. The maximum Gasteiger partial charge on any atom is 0.182 e. The second-order valence-electron chi connectivity index (χ2n) is 8.46. The molecule has 1 aliphatic heterocycles. The van der Waals surface area contributed by atoms with E-state index in [-0.39, 0.29) is 0 Å². The van der Waals surface area contributed by atoms with Gasteiger partial charge >= 0.3 is 0 Å². The molecular weight excluding hydrogens is 382 g/mol. The highest BCUT2D eigenvalue weighted by atomic mass is 16.5. The number of allylic oxidation sites excluding steroid dienone is 1. The number of hydrogen-bond acceptors (Lipinski definition) is 3. The van der Waals surface area contributed by atoms with Crippen LogP contribution in [0, 0.1) is 11.8 Å². The molecule has 0 saturated heterocycles. The van der Waals surface area contributed by atoms with Crippen LogP contribution in [0.3, 0.4) is 0 Å². The average molecular weight is 408 g/mol. The zero-order valence-corrected chi connectivity index (χ0v) is 18.0. The fourth-order valence-electron chi connectivity index (χ4n) is 5.13. The Bertz CT molecular complexity index is 1240. The molecule has 0 radical (unpaired) electrons. The van der Waals surface area contributed by atoms with Gasteiger partial charge in [0.25, 0.3) is 0 Å². The van der Waals surface area contributed by atoms with Crippen molar-refractivity contribution in [2.45, 2.75) is 24.5 Å². The molecule has 1 aliphatic carbocycles. The van der Waals surface area contributed by atoms with Gasteiger partial charge in [-0.25, -0.2) is 0 Å². The van der Waals surface area contributed by atoms with E-state index in [1.165, 1.54) is 0 Å². The molecule has 3 aromatic carbocycles. The molecule has 0 fully saturated rings. The molecule has 5 rings (SSSR count). The standard InChI is InChI=1S/C28H25NO2/c1-27-19-23(21-12-8-5-9-13-21)24(16-14-20-10-6-4-7-11-20)28(27,30)29(2)26-18-22(31-3)15-17-25(26)27/h4-13,15,17-18,30H,19H2,1-3H3. The smallest absolute Gasteiger partial charge is 0.182 e. The van der Waals surface area contributed by atoms with Gasteiger partial charge in [-0.2, -0.15) is 0 Å². The largest absolute Gasteiger partial charge is 0.497 e. The first-order chi connectivity index (χ1) is 15.0. The van der Waals surface area contributed by atoms with Crippen LogP contribution in [0.25, 0.3) is 5.57 Å². The summed E-state index contributed by atoms with van der Waals surface area (Å²) in [5, 5.41) is 12.3. The number of ether oxygens (including phenoxy) is 1. The highest BCUT2D eigenvalue weighted by molar-refractivity contribution is 5.86. The Morgan fingerprint density at radius 3 is 2.29 bits per heavy atom. The minimum absolute atomic E-state index is 0.519. The first kappa shape index (κ1) is 19.5. The molecule has 1 N–H and O–H groups in total. The third-order valence-corrected chi connectivity index (χ3v) is 6.82. The van der Waals surface area contributed by atoms with Crippen molar-refractivity contribution in [1.29, 1.82) is 0 Å². The summed E-state index contributed by atoms with van der Waals surface area (Å²) in [6, 6.07) is 26.3. The molecule has 3 nitrogen and oxygen atoms in total. The second-order valence-corrected chi connectivity index (χ2v) is 8.46. The third-order valence-electron chi connectivity index (χ3n) is 6.82. The molecule has 31 heavy (non-hydrogen) atoms. The molecule has 3 aromatic rings. The van der Waals surface area contributed by atoms with E-state index in [0.717, 1.165) is 39.3 Å². The molecule has 0 spiro atoms. The van der Waals surface area contributed by atoms with Crippen LogP contribution in [-0.4, -0.2) is 25.0 Å². The number of nitrogens with zero attached hydrogens (tertiary/aromatic N) is 1. The molecule has 2 unspecified atom stereocenters. The van der Waals surface area contributed by atoms with Gasteiger partial charge in [0, 0.05) is 24.4 Å². The number of benzene rings is 3. The molecule has 1 heterocycles. The van der Waals surface area contributed by atoms with Crippen LogP contribution in [0.2, 0.25) is 0 Å². The first-order valence-electron chi connectivity index (χ1n) is 10.5. The number of hydrogen-bond donors (Lipinski definition) is 1. The summed E-state index contributed by atoms with van der Waals surface area (Å²) in [4.78, 5) is 1.97. The van der Waals surface area contributed by atoms with Crippen molar-refractivity contribution in [3.63, 3.8) is 0 Å². The second kappa shape index (κ2) is 7.04. The van der Waals surface area contributed by atoms with Crippen molar-refractivity contribution < 1.29 is 9.84 Å². The van der Waals surface area contributed by atoms with E-state index in [1.54, 1.807) is 7.11 Å². The zero-order chi connectivity index (χ0) is 21.6. The van der Waals surface area contributed by atoms with Gasteiger partial charge in [-0.15, -0.1) is 0 Å². The summed E-state index contributed by atoms with van der Waals surface area (Å²) in [5.41, 5.74) is 4.24. The lowest BCUT2D eigenvalue weighted by atomic mass is 9.75. The normalized spacial score (nSPS) is 23.8. The lowest BCUT2D eigenvalue weighted by Crippen LogP contribution is -2.54. The Balaban J connectivity index is 1.73. The SMILES string of the molecule is COc1ccc2c(c1)N(C)C1(O)C(C#Cc3ccccc3)=C(c3ccccc3)CC21C. The Labute approximate surface area is 183 Å². The molecule has 2 atom stereocenters. The van der Waals surface area contributed by atoms with Gasteiger partial charge in [-0.1, -0.05) is 73.4 Å². The number of anilines is 1. The monoisotopic (exact) mass is 407 g/mol. The van der Waals surface area contributed by atoms with Gasteiger partial charge in [-0.3, -0.25) is 0 Å². The van der Waals surface area contributed by atoms with Gasteiger partial charge in [0.2, 0.25) is 0 Å². The summed E-state index contributed by atoms with van der Waals surface area (Å²) < 4.78 is 5.45. The van der Waals surface area contributed by atoms with Crippen molar-refractivity contribution in [3.8, 4) is 17.6 Å². The van der Waals surface area contributed by atoms with Crippen LogP contribution in [-0.2, 0) is 5.41 Å². The number of methoxy groups -OCH3 is 1. The fourth-order valence-corrected chi connectivity index (χ4v) is 5.13. The highest BCUT2D eigenvalue weighted by Crippen LogP contribution is 2.62. The summed E-state index contributed by atoms with van der Waals surface area (Å²) in [6.07, 6.45) is 0.704. The van der Waals surface area contributed by atoms with Crippen molar-refractivity contribution >= 4 is 11.3 Å². The van der Waals surface area contributed by atoms with Crippen molar-refractivity contribution in [3.05, 3.63) is 101 Å². The van der Waals surface area contributed by atoms with Crippen molar-refractivity contribution in [2.24, 2.45) is 0 Å². The number of aliphatic hydroxyl groups is 1. The van der Waals surface area contributed by atoms with E-state index < -0.39 is 11.1 Å². The van der Waals surface area contributed by atoms with Gasteiger partial charge in [0.1, 0.15) is 5.75 Å². The van der Waals surface area contributed by atoms with Crippen LogP contribution >= 0.6 is 0 Å². The number of rotatable bonds is 2. The van der Waals surface area contributed by atoms with Crippen molar-refractivity contribution in [2.75, 3.05) is 19.1 Å². The third kappa shape index (κ3) is 2.72. The van der Waals surface area contributed by atoms with Gasteiger partial charge in [0.15, 0.2) is 5.72 Å². The summed E-state index contributed by atoms with van der Waals surface area (Å²) in [7, 11) is 3.61. The quantitative estimate of drug-likeness (QED) is 0.607. The van der Waals surface area contributed by atoms with Crippen molar-refractivity contribution in [1.82, 2.24) is 0 Å².